The van der Waals surface area contributed by atoms with Gasteiger partial charge in [-0.1, -0.05) is 27.3 Å². The molecule has 1 fully saturated rings. The zero-order valence-corrected chi connectivity index (χ0v) is 12.3. The maximum Gasteiger partial charge on any atom is 0.350 e. The predicted molar refractivity (Wildman–Crippen MR) is 72.3 cm³/mol. The van der Waals surface area contributed by atoms with E-state index in [0.29, 0.717) is 35.5 Å². The number of esters is 1. The molecular weight excluding hydrogens is 320 g/mol. The van der Waals surface area contributed by atoms with Crippen molar-refractivity contribution in [1.82, 2.24) is 4.98 Å². The van der Waals surface area contributed by atoms with Crippen molar-refractivity contribution in [2.24, 2.45) is 5.92 Å². The zero-order chi connectivity index (χ0) is 13.1. The first-order chi connectivity index (χ1) is 8.65. The first-order valence-corrected chi connectivity index (χ1v) is 7.58. The third-order valence-corrected chi connectivity index (χ3v) is 4.54. The van der Waals surface area contributed by atoms with Gasteiger partial charge in [0.2, 0.25) is 5.91 Å². The number of carbonyl (C=O) groups is 2. The Morgan fingerprint density at radius 1 is 1.72 bits per heavy atom. The van der Waals surface area contributed by atoms with Gasteiger partial charge >= 0.3 is 5.97 Å². The largest absolute Gasteiger partial charge is 0.462 e. The Hall–Kier alpha value is -0.950. The van der Waals surface area contributed by atoms with Crippen molar-refractivity contribution in [2.45, 2.75) is 13.3 Å². The molecule has 1 amide bonds. The SMILES string of the molecule is CCOC(=O)c1cnc(N2CC(CBr)CC2=O)s1. The molecule has 2 heterocycles. The van der Waals surface area contributed by atoms with Crippen LogP contribution in [-0.4, -0.2) is 35.3 Å². The number of anilines is 1. The number of alkyl halides is 1. The van der Waals surface area contributed by atoms with Crippen LogP contribution in [0.15, 0.2) is 6.20 Å². The minimum atomic E-state index is -0.384. The summed E-state index contributed by atoms with van der Waals surface area (Å²) in [6, 6.07) is 0. The van der Waals surface area contributed by atoms with Gasteiger partial charge in [-0.15, -0.1) is 0 Å². The Morgan fingerprint density at radius 2 is 2.50 bits per heavy atom. The lowest BCUT2D eigenvalue weighted by molar-refractivity contribution is -0.117. The molecule has 5 nitrogen and oxygen atoms in total. The number of hydrogen-bond acceptors (Lipinski definition) is 5. The lowest BCUT2D eigenvalue weighted by atomic mass is 10.2. The van der Waals surface area contributed by atoms with E-state index in [1.54, 1.807) is 11.8 Å². The number of thiazole rings is 1. The summed E-state index contributed by atoms with van der Waals surface area (Å²) in [6.45, 7) is 2.74. The average molecular weight is 333 g/mol. The lowest BCUT2D eigenvalue weighted by Gasteiger charge is -2.11. The maximum absolute atomic E-state index is 11.8. The molecule has 1 unspecified atom stereocenters. The Labute approximate surface area is 117 Å². The first-order valence-electron chi connectivity index (χ1n) is 5.65. The number of rotatable bonds is 4. The molecule has 0 radical (unpaired) electrons. The van der Waals surface area contributed by atoms with Crippen LogP contribution in [-0.2, 0) is 9.53 Å². The summed E-state index contributed by atoms with van der Waals surface area (Å²) in [5.74, 6) is -0.0124. The Bertz CT molecular complexity index is 463. The van der Waals surface area contributed by atoms with E-state index in [0.717, 1.165) is 5.33 Å². The highest BCUT2D eigenvalue weighted by atomic mass is 79.9. The second-order valence-electron chi connectivity index (χ2n) is 3.96. The van der Waals surface area contributed by atoms with Gasteiger partial charge in [0.05, 0.1) is 12.8 Å². The molecule has 1 aromatic heterocycles. The number of hydrogen-bond donors (Lipinski definition) is 0. The van der Waals surface area contributed by atoms with Gasteiger partial charge in [0.15, 0.2) is 5.13 Å². The van der Waals surface area contributed by atoms with Gasteiger partial charge in [0, 0.05) is 18.3 Å². The third-order valence-electron chi connectivity index (χ3n) is 2.62. The molecule has 0 aromatic carbocycles. The fourth-order valence-corrected chi connectivity index (χ4v) is 3.03. The summed E-state index contributed by atoms with van der Waals surface area (Å²) >= 11 is 4.58. The molecule has 1 aliphatic heterocycles. The molecule has 1 atom stereocenters. The normalized spacial score (nSPS) is 19.3. The summed E-state index contributed by atoms with van der Waals surface area (Å²) in [6.07, 6.45) is 1.99. The standard InChI is InChI=1S/C11H13BrN2O3S/c1-2-17-10(16)8-5-13-11(18-8)14-6-7(4-12)3-9(14)15/h5,7H,2-4,6H2,1H3. The molecule has 18 heavy (non-hydrogen) atoms. The van der Waals surface area contributed by atoms with Crippen molar-refractivity contribution in [1.29, 1.82) is 0 Å². The van der Waals surface area contributed by atoms with Crippen LogP contribution >= 0.6 is 27.3 Å². The van der Waals surface area contributed by atoms with Gasteiger partial charge in [-0.2, -0.15) is 0 Å². The maximum atomic E-state index is 11.8. The second-order valence-corrected chi connectivity index (χ2v) is 5.61. The van der Waals surface area contributed by atoms with E-state index in [9.17, 15) is 9.59 Å². The summed E-state index contributed by atoms with van der Waals surface area (Å²) in [7, 11) is 0. The molecule has 1 saturated heterocycles. The van der Waals surface area contributed by atoms with E-state index in [1.165, 1.54) is 17.5 Å². The molecule has 0 spiro atoms. The molecule has 2 rings (SSSR count). The van der Waals surface area contributed by atoms with Gasteiger partial charge < -0.3 is 4.74 Å². The van der Waals surface area contributed by atoms with Crippen molar-refractivity contribution in [2.75, 3.05) is 23.4 Å². The monoisotopic (exact) mass is 332 g/mol. The van der Waals surface area contributed by atoms with Gasteiger partial charge in [-0.3, -0.25) is 9.69 Å². The number of amides is 1. The second kappa shape index (κ2) is 5.79. The molecule has 98 valence electrons. The summed E-state index contributed by atoms with van der Waals surface area (Å²) in [4.78, 5) is 29.5. The Morgan fingerprint density at radius 3 is 3.11 bits per heavy atom. The van der Waals surface area contributed by atoms with Crippen molar-refractivity contribution >= 4 is 44.3 Å². The van der Waals surface area contributed by atoms with Crippen LogP contribution in [0.5, 0.6) is 0 Å². The number of halogens is 1. The Kier molecular flexibility index (Phi) is 4.34. The summed E-state index contributed by atoms with van der Waals surface area (Å²) in [5, 5.41) is 1.37. The van der Waals surface area contributed by atoms with Crippen molar-refractivity contribution in [3.05, 3.63) is 11.1 Å². The van der Waals surface area contributed by atoms with E-state index < -0.39 is 0 Å². The first kappa shape index (κ1) is 13.5. The topological polar surface area (TPSA) is 59.5 Å². The van der Waals surface area contributed by atoms with Gasteiger partial charge in [-0.25, -0.2) is 9.78 Å². The van der Waals surface area contributed by atoms with Crippen LogP contribution < -0.4 is 4.90 Å². The van der Waals surface area contributed by atoms with Gasteiger partial charge in [-0.05, 0) is 12.8 Å². The predicted octanol–water partition coefficient (Wildman–Crippen LogP) is 2.07. The van der Waals surface area contributed by atoms with Crippen LogP contribution in [0.3, 0.4) is 0 Å². The molecule has 1 aromatic rings. The van der Waals surface area contributed by atoms with Crippen LogP contribution in [0.4, 0.5) is 5.13 Å². The quantitative estimate of drug-likeness (QED) is 0.625. The highest BCUT2D eigenvalue weighted by molar-refractivity contribution is 9.09. The van der Waals surface area contributed by atoms with Crippen LogP contribution in [0, 0.1) is 5.92 Å². The van der Waals surface area contributed by atoms with Crippen molar-refractivity contribution in [3.8, 4) is 0 Å². The third kappa shape index (κ3) is 2.72. The van der Waals surface area contributed by atoms with Crippen molar-refractivity contribution in [3.63, 3.8) is 0 Å². The summed E-state index contributed by atoms with van der Waals surface area (Å²) in [5.41, 5.74) is 0. The summed E-state index contributed by atoms with van der Waals surface area (Å²) < 4.78 is 4.89. The molecule has 7 heteroatoms. The van der Waals surface area contributed by atoms with Crippen LogP contribution in [0.1, 0.15) is 23.0 Å². The van der Waals surface area contributed by atoms with Gasteiger partial charge in [0.1, 0.15) is 4.88 Å². The fourth-order valence-electron chi connectivity index (χ4n) is 1.76. The number of ether oxygens (including phenoxy) is 1. The molecule has 0 aliphatic carbocycles. The average Bonchev–Trinajstić information content (AvgIpc) is 2.95. The molecule has 0 saturated carbocycles. The zero-order valence-electron chi connectivity index (χ0n) is 9.89. The molecule has 0 N–H and O–H groups in total. The number of nitrogens with zero attached hydrogens (tertiary/aromatic N) is 2. The number of aromatic nitrogens is 1. The minimum absolute atomic E-state index is 0.0595. The molecular formula is C11H13BrN2O3S. The van der Waals surface area contributed by atoms with E-state index >= 15 is 0 Å². The molecule has 1 aliphatic rings. The van der Waals surface area contributed by atoms with E-state index in [-0.39, 0.29) is 11.9 Å². The minimum Gasteiger partial charge on any atom is -0.462 e. The highest BCUT2D eigenvalue weighted by Crippen LogP contribution is 2.29. The van der Waals surface area contributed by atoms with Crippen molar-refractivity contribution < 1.29 is 14.3 Å². The van der Waals surface area contributed by atoms with Crippen LogP contribution in [0.25, 0.3) is 0 Å². The lowest BCUT2D eigenvalue weighted by Crippen LogP contribution is -2.24. The van der Waals surface area contributed by atoms with E-state index in [1.807, 2.05) is 0 Å². The fraction of sp³-hybridized carbons (Fsp3) is 0.545. The van der Waals surface area contributed by atoms with Crippen LogP contribution in [0.2, 0.25) is 0 Å². The van der Waals surface area contributed by atoms with E-state index in [2.05, 4.69) is 20.9 Å². The van der Waals surface area contributed by atoms with E-state index in [4.69, 9.17) is 4.74 Å². The smallest absolute Gasteiger partial charge is 0.350 e. The molecule has 0 bridgehead atoms. The number of carbonyl (C=O) groups excluding carboxylic acids is 2. The van der Waals surface area contributed by atoms with Gasteiger partial charge in [0.25, 0.3) is 0 Å². The highest BCUT2D eigenvalue weighted by Gasteiger charge is 2.32. The Balaban J connectivity index is 2.11.